The molecule has 1 rings (SSSR count). The first-order chi connectivity index (χ1) is 8.22. The van der Waals surface area contributed by atoms with E-state index >= 15 is 0 Å². The van der Waals surface area contributed by atoms with Gasteiger partial charge in [-0.3, -0.25) is 4.79 Å². The second-order valence-electron chi connectivity index (χ2n) is 3.24. The fourth-order valence-corrected chi connectivity index (χ4v) is 1.28. The van der Waals surface area contributed by atoms with Crippen molar-refractivity contribution in [1.29, 1.82) is 0 Å². The van der Waals surface area contributed by atoms with Crippen molar-refractivity contribution in [2.24, 2.45) is 0 Å². The molecular weight excluding hydrogens is 216 g/mol. The van der Waals surface area contributed by atoms with E-state index in [1.165, 1.54) is 0 Å². The third-order valence-corrected chi connectivity index (χ3v) is 2.13. The highest BCUT2D eigenvalue weighted by Gasteiger charge is 2.08. The highest BCUT2D eigenvalue weighted by atomic mass is 16.5. The van der Waals surface area contributed by atoms with Crippen molar-refractivity contribution < 1.29 is 14.3 Å². The monoisotopic (exact) mass is 228 g/mol. The van der Waals surface area contributed by atoms with Crippen molar-refractivity contribution in [2.45, 2.75) is 6.92 Å². The largest absolute Gasteiger partial charge is 0.481 e. The number of rotatable bonds is 5. The summed E-state index contributed by atoms with van der Waals surface area (Å²) in [6, 6.07) is 3.28. The summed E-state index contributed by atoms with van der Waals surface area (Å²) in [6.45, 7) is 2.05. The molecule has 0 unspecified atom stereocenters. The van der Waals surface area contributed by atoms with Crippen molar-refractivity contribution in [3.63, 3.8) is 0 Å². The van der Waals surface area contributed by atoms with Crippen LogP contribution in [0.3, 0.4) is 0 Å². The first kappa shape index (κ1) is 12.7. The number of benzene rings is 1. The fraction of sp³-hybridized carbons (Fsp3) is 0.214. The molecule has 1 aromatic rings. The van der Waals surface area contributed by atoms with Gasteiger partial charge in [0.15, 0.2) is 6.29 Å². The van der Waals surface area contributed by atoms with Crippen LogP contribution in [0.2, 0.25) is 0 Å². The smallest absolute Gasteiger partial charge is 0.150 e. The van der Waals surface area contributed by atoms with E-state index in [1.54, 1.807) is 19.1 Å². The number of hydrogen-bond acceptors (Lipinski definition) is 3. The van der Waals surface area contributed by atoms with Gasteiger partial charge in [0.2, 0.25) is 0 Å². The van der Waals surface area contributed by atoms with Crippen molar-refractivity contribution in [2.75, 3.05) is 13.2 Å². The molecule has 0 radical (unpaired) electrons. The van der Waals surface area contributed by atoms with Gasteiger partial charge >= 0.3 is 0 Å². The van der Waals surface area contributed by atoms with E-state index in [0.29, 0.717) is 17.1 Å². The van der Waals surface area contributed by atoms with Crippen LogP contribution in [-0.4, -0.2) is 19.5 Å². The highest BCUT2D eigenvalue weighted by molar-refractivity contribution is 5.79. The summed E-state index contributed by atoms with van der Waals surface area (Å²) in [6.07, 6.45) is 10.9. The summed E-state index contributed by atoms with van der Waals surface area (Å²) in [5.74, 6) is 5.72. The van der Waals surface area contributed by atoms with Crippen molar-refractivity contribution in [1.82, 2.24) is 0 Å². The molecule has 0 spiro atoms. The molecule has 0 fully saturated rings. The zero-order valence-corrected chi connectivity index (χ0v) is 9.53. The lowest BCUT2D eigenvalue weighted by Gasteiger charge is -2.11. The molecular formula is C14H12O3. The Morgan fingerprint density at radius 1 is 1.24 bits per heavy atom. The third kappa shape index (κ3) is 3.29. The molecule has 0 heterocycles. The molecule has 0 aromatic heterocycles. The molecule has 86 valence electrons. The Labute approximate surface area is 101 Å². The predicted octanol–water partition coefficient (Wildman–Crippen LogP) is 1.83. The summed E-state index contributed by atoms with van der Waals surface area (Å²) < 4.78 is 10.6. The van der Waals surface area contributed by atoms with E-state index in [9.17, 15) is 4.79 Å². The van der Waals surface area contributed by atoms with Crippen LogP contribution < -0.4 is 9.47 Å². The quantitative estimate of drug-likeness (QED) is 0.569. The van der Waals surface area contributed by atoms with Crippen molar-refractivity contribution in [3.05, 3.63) is 23.3 Å². The minimum atomic E-state index is 0.135. The summed E-state index contributed by atoms with van der Waals surface area (Å²) in [5.41, 5.74) is 1.22. The molecule has 0 aliphatic carbocycles. The van der Waals surface area contributed by atoms with E-state index in [2.05, 4.69) is 11.8 Å². The lowest BCUT2D eigenvalue weighted by atomic mass is 10.1. The van der Waals surface area contributed by atoms with Crippen LogP contribution in [0.5, 0.6) is 11.5 Å². The number of carbonyl (C=O) groups is 1. The number of terminal acetylenes is 2. The van der Waals surface area contributed by atoms with Crippen LogP contribution in [0.25, 0.3) is 0 Å². The molecule has 0 atom stereocenters. The molecule has 3 heteroatoms. The van der Waals surface area contributed by atoms with E-state index in [4.69, 9.17) is 22.3 Å². The van der Waals surface area contributed by atoms with Crippen LogP contribution in [0.4, 0.5) is 0 Å². The summed E-state index contributed by atoms with van der Waals surface area (Å²) in [7, 11) is 0. The molecule has 0 aliphatic heterocycles. The molecule has 0 saturated carbocycles. The van der Waals surface area contributed by atoms with Crippen LogP contribution in [0, 0.1) is 31.6 Å². The minimum absolute atomic E-state index is 0.135. The molecule has 0 N–H and O–H groups in total. The summed E-state index contributed by atoms with van der Waals surface area (Å²) in [5, 5.41) is 0. The zero-order chi connectivity index (χ0) is 12.7. The normalized spacial score (nSPS) is 8.88. The molecule has 17 heavy (non-hydrogen) atoms. The Kier molecular flexibility index (Phi) is 4.66. The SMILES string of the molecule is C#CCOc1cc(C=O)c(C)c(OCC#C)c1. The standard InChI is InChI=1S/C14H12O3/c1-4-6-16-13-8-12(10-15)11(3)14(9-13)17-7-5-2/h1-2,8-10H,6-7H2,3H3. The minimum Gasteiger partial charge on any atom is -0.481 e. The first-order valence-corrected chi connectivity index (χ1v) is 4.95. The van der Waals surface area contributed by atoms with Crippen molar-refractivity contribution in [3.8, 4) is 36.2 Å². The van der Waals surface area contributed by atoms with E-state index in [1.807, 2.05) is 0 Å². The highest BCUT2D eigenvalue weighted by Crippen LogP contribution is 2.27. The lowest BCUT2D eigenvalue weighted by molar-refractivity contribution is 0.112. The van der Waals surface area contributed by atoms with E-state index < -0.39 is 0 Å². The number of carbonyl (C=O) groups excluding carboxylic acids is 1. The van der Waals surface area contributed by atoms with Gasteiger partial charge in [0, 0.05) is 17.2 Å². The second-order valence-corrected chi connectivity index (χ2v) is 3.24. The van der Waals surface area contributed by atoms with Gasteiger partial charge in [-0.2, -0.15) is 0 Å². The van der Waals surface area contributed by atoms with Crippen LogP contribution >= 0.6 is 0 Å². The van der Waals surface area contributed by atoms with Gasteiger partial charge in [0.25, 0.3) is 0 Å². The van der Waals surface area contributed by atoms with Gasteiger partial charge in [-0.1, -0.05) is 11.8 Å². The van der Waals surface area contributed by atoms with Gasteiger partial charge in [0.1, 0.15) is 24.7 Å². The Bertz CT molecular complexity index is 489. The summed E-state index contributed by atoms with van der Waals surface area (Å²) >= 11 is 0. The van der Waals surface area contributed by atoms with Gasteiger partial charge in [-0.15, -0.1) is 12.8 Å². The maximum atomic E-state index is 10.9. The number of hydrogen-bond donors (Lipinski definition) is 0. The maximum absolute atomic E-state index is 10.9. The Morgan fingerprint density at radius 2 is 1.88 bits per heavy atom. The van der Waals surface area contributed by atoms with Gasteiger partial charge in [0.05, 0.1) is 0 Å². The lowest BCUT2D eigenvalue weighted by Crippen LogP contribution is -2.01. The third-order valence-electron chi connectivity index (χ3n) is 2.13. The molecule has 1 aromatic carbocycles. The molecule has 0 saturated heterocycles. The number of aldehydes is 1. The molecule has 0 aliphatic rings. The Hall–Kier alpha value is -2.39. The zero-order valence-electron chi connectivity index (χ0n) is 9.53. The topological polar surface area (TPSA) is 35.5 Å². The Balaban J connectivity index is 3.06. The fourth-order valence-electron chi connectivity index (χ4n) is 1.28. The second kappa shape index (κ2) is 6.25. The van der Waals surface area contributed by atoms with Crippen molar-refractivity contribution >= 4 is 6.29 Å². The predicted molar refractivity (Wildman–Crippen MR) is 65.2 cm³/mol. The van der Waals surface area contributed by atoms with E-state index in [-0.39, 0.29) is 13.2 Å². The van der Waals surface area contributed by atoms with Gasteiger partial charge in [-0.25, -0.2) is 0 Å². The van der Waals surface area contributed by atoms with Gasteiger partial charge in [-0.05, 0) is 13.0 Å². The Morgan fingerprint density at radius 3 is 2.47 bits per heavy atom. The maximum Gasteiger partial charge on any atom is 0.150 e. The summed E-state index contributed by atoms with van der Waals surface area (Å²) in [4.78, 5) is 10.9. The van der Waals surface area contributed by atoms with Crippen LogP contribution in [0.1, 0.15) is 15.9 Å². The molecule has 3 nitrogen and oxygen atoms in total. The van der Waals surface area contributed by atoms with Crippen LogP contribution in [0.15, 0.2) is 12.1 Å². The van der Waals surface area contributed by atoms with Crippen LogP contribution in [-0.2, 0) is 0 Å². The van der Waals surface area contributed by atoms with E-state index in [0.717, 1.165) is 11.8 Å². The molecule has 0 amide bonds. The first-order valence-electron chi connectivity index (χ1n) is 4.95. The van der Waals surface area contributed by atoms with Gasteiger partial charge < -0.3 is 9.47 Å². The molecule has 0 bridgehead atoms. The average Bonchev–Trinajstić information content (AvgIpc) is 2.35. The average molecular weight is 228 g/mol. The number of ether oxygens (including phenoxy) is 2.